The van der Waals surface area contributed by atoms with Crippen LogP contribution in [0.3, 0.4) is 0 Å². The number of hydrogen-bond acceptors (Lipinski definition) is 4. The van der Waals surface area contributed by atoms with E-state index in [1.54, 1.807) is 25.3 Å². The van der Waals surface area contributed by atoms with Crippen molar-refractivity contribution < 1.29 is 14.3 Å². The summed E-state index contributed by atoms with van der Waals surface area (Å²) in [4.78, 5) is 17.0. The summed E-state index contributed by atoms with van der Waals surface area (Å²) >= 11 is 6.13. The molecule has 0 N–H and O–H groups in total. The van der Waals surface area contributed by atoms with Crippen molar-refractivity contribution in [2.45, 2.75) is 18.9 Å². The molecule has 2 aliphatic heterocycles. The molecule has 2 heterocycles. The molecule has 2 fully saturated rings. The Kier molecular flexibility index (Phi) is 5.04. The first-order chi connectivity index (χ1) is 11.5. The molecule has 1 atom stereocenters. The standard InChI is InChI=1S/C18H25ClN2O3/c1-4-24-10-13-8-18(20(2)9-13)11-21(12-18)17(22)14-5-6-16(23-3)15(19)7-14/h5-7,13H,4,8-12H2,1-3H3. The summed E-state index contributed by atoms with van der Waals surface area (Å²) in [5, 5.41) is 0.466. The average molecular weight is 353 g/mol. The van der Waals surface area contributed by atoms with Crippen molar-refractivity contribution in [3.8, 4) is 5.75 Å². The van der Waals surface area contributed by atoms with Crippen molar-refractivity contribution in [2.24, 2.45) is 5.92 Å². The van der Waals surface area contributed by atoms with Crippen LogP contribution in [0.25, 0.3) is 0 Å². The van der Waals surface area contributed by atoms with Crippen LogP contribution in [0.1, 0.15) is 23.7 Å². The Bertz CT molecular complexity index is 616. The van der Waals surface area contributed by atoms with E-state index in [1.807, 2.05) is 11.8 Å². The van der Waals surface area contributed by atoms with Gasteiger partial charge in [-0.2, -0.15) is 0 Å². The number of likely N-dealkylation sites (N-methyl/N-ethyl adjacent to an activating group) is 1. The van der Waals surface area contributed by atoms with E-state index < -0.39 is 0 Å². The molecule has 0 bridgehead atoms. The largest absolute Gasteiger partial charge is 0.495 e. The van der Waals surface area contributed by atoms with Gasteiger partial charge in [-0.3, -0.25) is 9.69 Å². The predicted molar refractivity (Wildman–Crippen MR) is 93.9 cm³/mol. The summed E-state index contributed by atoms with van der Waals surface area (Å²) in [5.41, 5.74) is 0.732. The van der Waals surface area contributed by atoms with E-state index in [-0.39, 0.29) is 11.4 Å². The highest BCUT2D eigenvalue weighted by Crippen LogP contribution is 2.40. The molecule has 2 saturated heterocycles. The van der Waals surface area contributed by atoms with Crippen molar-refractivity contribution in [2.75, 3.05) is 47.0 Å². The van der Waals surface area contributed by atoms with Crippen molar-refractivity contribution in [3.05, 3.63) is 28.8 Å². The fourth-order valence-electron chi connectivity index (χ4n) is 3.90. The number of amides is 1. The molecule has 0 aromatic heterocycles. The number of nitrogens with zero attached hydrogens (tertiary/aromatic N) is 2. The van der Waals surface area contributed by atoms with Gasteiger partial charge >= 0.3 is 0 Å². The lowest BCUT2D eigenvalue weighted by Gasteiger charge is -2.52. The Hall–Kier alpha value is -1.30. The zero-order valence-corrected chi connectivity index (χ0v) is 15.3. The molecule has 3 rings (SSSR count). The lowest BCUT2D eigenvalue weighted by Crippen LogP contribution is -2.68. The van der Waals surface area contributed by atoms with Crippen LogP contribution >= 0.6 is 11.6 Å². The minimum atomic E-state index is 0.0341. The Labute approximate surface area is 148 Å². The fourth-order valence-corrected chi connectivity index (χ4v) is 4.15. The van der Waals surface area contributed by atoms with Crippen LogP contribution in [0.2, 0.25) is 5.02 Å². The van der Waals surface area contributed by atoms with Gasteiger partial charge in [-0.25, -0.2) is 0 Å². The quantitative estimate of drug-likeness (QED) is 0.816. The monoisotopic (exact) mass is 352 g/mol. The van der Waals surface area contributed by atoms with E-state index in [4.69, 9.17) is 21.1 Å². The number of halogens is 1. The van der Waals surface area contributed by atoms with Gasteiger partial charge in [0.2, 0.25) is 0 Å². The maximum absolute atomic E-state index is 12.7. The maximum atomic E-state index is 12.7. The van der Waals surface area contributed by atoms with Gasteiger partial charge in [-0.05, 0) is 44.5 Å². The number of rotatable bonds is 5. The van der Waals surface area contributed by atoms with Gasteiger partial charge in [0.15, 0.2) is 0 Å². The minimum Gasteiger partial charge on any atom is -0.495 e. The molecule has 1 amide bonds. The first-order valence-electron chi connectivity index (χ1n) is 8.41. The SMILES string of the molecule is CCOCC1CN(C)C2(C1)CN(C(=O)c1ccc(OC)c(Cl)c1)C2. The number of carbonyl (C=O) groups is 1. The predicted octanol–water partition coefficient (Wildman–Crippen LogP) is 2.53. The molecule has 1 aromatic rings. The Morgan fingerprint density at radius 1 is 1.42 bits per heavy atom. The van der Waals surface area contributed by atoms with Gasteiger partial charge in [0.25, 0.3) is 5.91 Å². The molecular weight excluding hydrogens is 328 g/mol. The first-order valence-corrected chi connectivity index (χ1v) is 8.78. The van der Waals surface area contributed by atoms with Crippen LogP contribution in [0.4, 0.5) is 0 Å². The number of benzene rings is 1. The maximum Gasteiger partial charge on any atom is 0.254 e. The molecule has 0 saturated carbocycles. The first kappa shape index (κ1) is 17.5. The molecular formula is C18H25ClN2O3. The van der Waals surface area contributed by atoms with Gasteiger partial charge in [0, 0.05) is 31.8 Å². The number of ether oxygens (including phenoxy) is 2. The molecule has 1 spiro atoms. The van der Waals surface area contributed by atoms with Crippen LogP contribution in [0.15, 0.2) is 18.2 Å². The fraction of sp³-hybridized carbons (Fsp3) is 0.611. The molecule has 6 heteroatoms. The van der Waals surface area contributed by atoms with Crippen molar-refractivity contribution in [3.63, 3.8) is 0 Å². The molecule has 1 aromatic carbocycles. The van der Waals surface area contributed by atoms with Crippen LogP contribution in [0.5, 0.6) is 5.75 Å². The highest BCUT2D eigenvalue weighted by molar-refractivity contribution is 6.32. The highest BCUT2D eigenvalue weighted by Gasteiger charge is 2.53. The molecule has 0 radical (unpaired) electrons. The molecule has 2 aliphatic rings. The van der Waals surface area contributed by atoms with Crippen LogP contribution in [-0.2, 0) is 4.74 Å². The smallest absolute Gasteiger partial charge is 0.254 e. The topological polar surface area (TPSA) is 42.0 Å². The van der Waals surface area contributed by atoms with Gasteiger partial charge in [0.1, 0.15) is 5.75 Å². The molecule has 24 heavy (non-hydrogen) atoms. The third-order valence-electron chi connectivity index (χ3n) is 5.22. The van der Waals surface area contributed by atoms with Gasteiger partial charge in [-0.15, -0.1) is 0 Å². The Balaban J connectivity index is 1.61. The second-order valence-electron chi connectivity index (χ2n) is 6.85. The van der Waals surface area contributed by atoms with E-state index in [9.17, 15) is 4.79 Å². The van der Waals surface area contributed by atoms with Crippen LogP contribution < -0.4 is 4.74 Å². The van der Waals surface area contributed by atoms with Crippen LogP contribution in [0, 0.1) is 5.92 Å². The van der Waals surface area contributed by atoms with Gasteiger partial charge in [0.05, 0.1) is 24.3 Å². The van der Waals surface area contributed by atoms with Crippen molar-refractivity contribution in [1.82, 2.24) is 9.80 Å². The van der Waals surface area contributed by atoms with Crippen molar-refractivity contribution >= 4 is 17.5 Å². The second kappa shape index (κ2) is 6.90. The third kappa shape index (κ3) is 3.13. The molecule has 132 valence electrons. The van der Waals surface area contributed by atoms with Gasteiger partial charge in [-0.1, -0.05) is 11.6 Å². The van der Waals surface area contributed by atoms with Gasteiger partial charge < -0.3 is 14.4 Å². The van der Waals surface area contributed by atoms with E-state index in [0.717, 1.165) is 39.3 Å². The van der Waals surface area contributed by atoms with Crippen molar-refractivity contribution in [1.29, 1.82) is 0 Å². The third-order valence-corrected chi connectivity index (χ3v) is 5.52. The molecule has 0 aliphatic carbocycles. The molecule has 1 unspecified atom stereocenters. The molecule has 5 nitrogen and oxygen atoms in total. The Morgan fingerprint density at radius 3 is 2.79 bits per heavy atom. The minimum absolute atomic E-state index is 0.0341. The Morgan fingerprint density at radius 2 is 2.17 bits per heavy atom. The summed E-state index contributed by atoms with van der Waals surface area (Å²) in [7, 11) is 3.72. The normalized spacial score (nSPS) is 22.7. The van der Waals surface area contributed by atoms with E-state index in [1.165, 1.54) is 0 Å². The summed E-state index contributed by atoms with van der Waals surface area (Å²) in [6.45, 7) is 6.18. The summed E-state index contributed by atoms with van der Waals surface area (Å²) in [5.74, 6) is 1.18. The zero-order chi connectivity index (χ0) is 17.3. The summed E-state index contributed by atoms with van der Waals surface area (Å²) < 4.78 is 10.7. The number of methoxy groups -OCH3 is 1. The zero-order valence-electron chi connectivity index (χ0n) is 14.5. The average Bonchev–Trinajstić information content (AvgIpc) is 2.87. The number of hydrogen-bond donors (Lipinski definition) is 0. The number of likely N-dealkylation sites (tertiary alicyclic amines) is 2. The summed E-state index contributed by atoms with van der Waals surface area (Å²) in [6, 6.07) is 5.20. The van der Waals surface area contributed by atoms with E-state index >= 15 is 0 Å². The number of carbonyl (C=O) groups excluding carboxylic acids is 1. The van der Waals surface area contributed by atoms with Crippen LogP contribution in [-0.4, -0.2) is 68.3 Å². The highest BCUT2D eigenvalue weighted by atomic mass is 35.5. The second-order valence-corrected chi connectivity index (χ2v) is 7.25. The van der Waals surface area contributed by atoms with E-state index in [2.05, 4.69) is 11.9 Å². The van der Waals surface area contributed by atoms with E-state index in [0.29, 0.717) is 22.3 Å². The lowest BCUT2D eigenvalue weighted by atomic mass is 9.84. The lowest BCUT2D eigenvalue weighted by molar-refractivity contribution is -0.00794. The summed E-state index contributed by atoms with van der Waals surface area (Å²) in [6.07, 6.45) is 1.09.